The van der Waals surface area contributed by atoms with Crippen LogP contribution in [-0.2, 0) is 11.2 Å². The van der Waals surface area contributed by atoms with Crippen LogP contribution in [0, 0.1) is 24.5 Å². The average molecular weight is 419 g/mol. The standard InChI is InChI=1S/C20H17F4N5O/c1-10-17(13-4-6-25-26-9-13)27-28-19(10)29-7-5-12(20(29)30)8-11-2-3-14(21)16(22)15(11)18(23)24/h2-4,6,9,12,18H,5,7-8H2,1H3,(H,27,28). The maximum Gasteiger partial charge on any atom is 0.267 e. The Labute approximate surface area is 168 Å². The molecule has 0 aliphatic carbocycles. The maximum absolute atomic E-state index is 13.9. The van der Waals surface area contributed by atoms with Gasteiger partial charge in [0.05, 0.1) is 23.7 Å². The normalized spacial score (nSPS) is 16.7. The van der Waals surface area contributed by atoms with E-state index in [1.165, 1.54) is 11.1 Å². The van der Waals surface area contributed by atoms with E-state index in [1.54, 1.807) is 19.2 Å². The third kappa shape index (κ3) is 3.42. The number of nitrogens with one attached hydrogen (secondary N) is 1. The van der Waals surface area contributed by atoms with E-state index in [9.17, 15) is 22.4 Å². The number of nitrogens with zero attached hydrogens (tertiary/aromatic N) is 4. The van der Waals surface area contributed by atoms with Crippen molar-refractivity contribution >= 4 is 11.7 Å². The van der Waals surface area contributed by atoms with Crippen molar-refractivity contribution in [2.45, 2.75) is 26.2 Å². The summed E-state index contributed by atoms with van der Waals surface area (Å²) in [6.45, 7) is 2.15. The van der Waals surface area contributed by atoms with E-state index >= 15 is 0 Å². The number of hydrogen-bond donors (Lipinski definition) is 1. The van der Waals surface area contributed by atoms with Gasteiger partial charge in [-0.05, 0) is 37.5 Å². The van der Waals surface area contributed by atoms with E-state index in [0.717, 1.165) is 23.3 Å². The molecule has 0 radical (unpaired) electrons. The first-order valence-electron chi connectivity index (χ1n) is 9.26. The third-order valence-corrected chi connectivity index (χ3v) is 5.34. The van der Waals surface area contributed by atoms with E-state index in [-0.39, 0.29) is 17.9 Å². The predicted molar refractivity (Wildman–Crippen MR) is 99.8 cm³/mol. The van der Waals surface area contributed by atoms with Gasteiger partial charge in [0.15, 0.2) is 17.5 Å². The number of alkyl halides is 2. The monoisotopic (exact) mass is 419 g/mol. The molecule has 1 saturated heterocycles. The van der Waals surface area contributed by atoms with Gasteiger partial charge in [0, 0.05) is 23.6 Å². The summed E-state index contributed by atoms with van der Waals surface area (Å²) in [5.74, 6) is -3.39. The second-order valence-electron chi connectivity index (χ2n) is 7.09. The molecule has 1 N–H and O–H groups in total. The van der Waals surface area contributed by atoms with Crippen LogP contribution in [-0.4, -0.2) is 32.8 Å². The van der Waals surface area contributed by atoms with Gasteiger partial charge in [-0.3, -0.25) is 14.8 Å². The van der Waals surface area contributed by atoms with Crippen LogP contribution in [0.25, 0.3) is 11.3 Å². The van der Waals surface area contributed by atoms with Crippen LogP contribution in [0.5, 0.6) is 0 Å². The summed E-state index contributed by atoms with van der Waals surface area (Å²) in [7, 11) is 0. The third-order valence-electron chi connectivity index (χ3n) is 5.34. The van der Waals surface area contributed by atoms with Gasteiger partial charge in [-0.15, -0.1) is 0 Å². The molecule has 3 heterocycles. The van der Waals surface area contributed by atoms with Gasteiger partial charge in [0.25, 0.3) is 6.43 Å². The molecule has 4 rings (SSSR count). The van der Waals surface area contributed by atoms with Crippen LogP contribution in [0.3, 0.4) is 0 Å². The van der Waals surface area contributed by atoms with Crippen LogP contribution >= 0.6 is 0 Å². The molecule has 1 amide bonds. The van der Waals surface area contributed by atoms with Crippen LogP contribution in [0.2, 0.25) is 0 Å². The Morgan fingerprint density at radius 2 is 2.03 bits per heavy atom. The highest BCUT2D eigenvalue weighted by atomic mass is 19.3. The second kappa shape index (κ2) is 7.85. The molecule has 1 fully saturated rings. The molecule has 6 nitrogen and oxygen atoms in total. The Morgan fingerprint density at radius 3 is 2.73 bits per heavy atom. The number of hydrogen-bond acceptors (Lipinski definition) is 4. The molecular formula is C20H17F4N5O. The number of amides is 1. The van der Waals surface area contributed by atoms with Crippen LogP contribution in [0.4, 0.5) is 23.4 Å². The Morgan fingerprint density at radius 1 is 1.23 bits per heavy atom. The molecule has 2 aromatic heterocycles. The Kier molecular flexibility index (Phi) is 5.23. The lowest BCUT2D eigenvalue weighted by atomic mass is 9.94. The molecule has 10 heteroatoms. The van der Waals surface area contributed by atoms with Crippen molar-refractivity contribution in [1.29, 1.82) is 0 Å². The predicted octanol–water partition coefficient (Wildman–Crippen LogP) is 3.99. The fourth-order valence-electron chi connectivity index (χ4n) is 3.80. The lowest BCUT2D eigenvalue weighted by Gasteiger charge is -2.16. The van der Waals surface area contributed by atoms with Gasteiger partial charge < -0.3 is 0 Å². The summed E-state index contributed by atoms with van der Waals surface area (Å²) in [6, 6.07) is 3.67. The Hall–Kier alpha value is -3.30. The number of aromatic nitrogens is 4. The molecule has 156 valence electrons. The molecule has 1 atom stereocenters. The smallest absolute Gasteiger partial charge is 0.267 e. The molecule has 0 bridgehead atoms. The van der Waals surface area contributed by atoms with Crippen molar-refractivity contribution in [1.82, 2.24) is 20.4 Å². The summed E-state index contributed by atoms with van der Waals surface area (Å²) < 4.78 is 53.8. The number of anilines is 1. The second-order valence-corrected chi connectivity index (χ2v) is 7.09. The number of carbonyl (C=O) groups is 1. The quantitative estimate of drug-likeness (QED) is 0.635. The SMILES string of the molecule is Cc1c(N2CCC(Cc3ccc(F)c(F)c3C(F)F)C2=O)n[nH]c1-c1ccnnc1. The first kappa shape index (κ1) is 20.0. The molecule has 1 aromatic carbocycles. The maximum atomic E-state index is 13.9. The molecule has 1 aliphatic rings. The van der Waals surface area contributed by atoms with Crippen molar-refractivity contribution in [3.63, 3.8) is 0 Å². The number of halogens is 4. The minimum Gasteiger partial charge on any atom is -0.295 e. The zero-order valence-electron chi connectivity index (χ0n) is 15.9. The highest BCUT2D eigenvalue weighted by Gasteiger charge is 2.36. The fourth-order valence-corrected chi connectivity index (χ4v) is 3.80. The number of benzene rings is 1. The highest BCUT2D eigenvalue weighted by molar-refractivity contribution is 5.97. The van der Waals surface area contributed by atoms with Gasteiger partial charge in [-0.2, -0.15) is 15.3 Å². The van der Waals surface area contributed by atoms with Crippen molar-refractivity contribution in [2.24, 2.45) is 5.92 Å². The number of carbonyl (C=O) groups excluding carboxylic acids is 1. The van der Waals surface area contributed by atoms with E-state index < -0.39 is 29.5 Å². The number of rotatable bonds is 5. The average Bonchev–Trinajstić information content (AvgIpc) is 3.27. The molecule has 30 heavy (non-hydrogen) atoms. The van der Waals surface area contributed by atoms with Gasteiger partial charge in [-0.25, -0.2) is 17.6 Å². The van der Waals surface area contributed by atoms with Crippen LogP contribution < -0.4 is 4.90 Å². The largest absolute Gasteiger partial charge is 0.295 e. The van der Waals surface area contributed by atoms with Gasteiger partial charge in [0.2, 0.25) is 5.91 Å². The van der Waals surface area contributed by atoms with Crippen molar-refractivity contribution in [3.05, 3.63) is 58.9 Å². The minimum absolute atomic E-state index is 0.0635. The zero-order valence-corrected chi connectivity index (χ0v) is 15.9. The van der Waals surface area contributed by atoms with Crippen LogP contribution in [0.15, 0.2) is 30.6 Å². The van der Waals surface area contributed by atoms with Crippen LogP contribution in [0.1, 0.15) is 29.5 Å². The van der Waals surface area contributed by atoms with Gasteiger partial charge in [0.1, 0.15) is 0 Å². The number of aromatic amines is 1. The van der Waals surface area contributed by atoms with E-state index in [1.807, 2.05) is 0 Å². The summed E-state index contributed by atoms with van der Waals surface area (Å²) in [6.07, 6.45) is 0.215. The topological polar surface area (TPSA) is 74.8 Å². The molecule has 3 aromatic rings. The summed E-state index contributed by atoms with van der Waals surface area (Å²) >= 11 is 0. The lowest BCUT2D eigenvalue weighted by Crippen LogP contribution is -2.28. The van der Waals surface area contributed by atoms with Gasteiger partial charge in [-0.1, -0.05) is 6.07 Å². The first-order chi connectivity index (χ1) is 14.4. The molecular weight excluding hydrogens is 402 g/mol. The summed E-state index contributed by atoms with van der Waals surface area (Å²) in [4.78, 5) is 14.4. The highest BCUT2D eigenvalue weighted by Crippen LogP contribution is 2.35. The number of H-pyrrole nitrogens is 1. The Balaban J connectivity index is 1.58. The van der Waals surface area contributed by atoms with E-state index in [4.69, 9.17) is 0 Å². The fraction of sp³-hybridized carbons (Fsp3) is 0.300. The van der Waals surface area contributed by atoms with E-state index in [2.05, 4.69) is 20.4 Å². The van der Waals surface area contributed by atoms with Crippen molar-refractivity contribution in [3.8, 4) is 11.3 Å². The zero-order chi connectivity index (χ0) is 21.4. The van der Waals surface area contributed by atoms with E-state index in [0.29, 0.717) is 24.5 Å². The van der Waals surface area contributed by atoms with Gasteiger partial charge >= 0.3 is 0 Å². The first-order valence-corrected chi connectivity index (χ1v) is 9.26. The van der Waals surface area contributed by atoms with Crippen molar-refractivity contribution < 1.29 is 22.4 Å². The molecule has 1 aliphatic heterocycles. The Bertz CT molecular complexity index is 1090. The molecule has 0 saturated carbocycles. The lowest BCUT2D eigenvalue weighted by molar-refractivity contribution is -0.120. The summed E-state index contributed by atoms with van der Waals surface area (Å²) in [5, 5.41) is 14.7. The van der Waals surface area contributed by atoms with Crippen molar-refractivity contribution in [2.75, 3.05) is 11.4 Å². The molecule has 1 unspecified atom stereocenters. The summed E-state index contributed by atoms with van der Waals surface area (Å²) in [5.41, 5.74) is 1.14. The minimum atomic E-state index is -3.17. The molecule has 0 spiro atoms.